The van der Waals surface area contributed by atoms with E-state index in [1.807, 2.05) is 71.4 Å². The highest BCUT2D eigenvalue weighted by atomic mass is 32.1. The maximum absolute atomic E-state index is 5.73. The molecule has 7 heteroatoms. The van der Waals surface area contributed by atoms with Crippen LogP contribution < -0.4 is 4.74 Å². The monoisotopic (exact) mass is 478 g/mol. The van der Waals surface area contributed by atoms with Gasteiger partial charge in [0.15, 0.2) is 0 Å². The van der Waals surface area contributed by atoms with Gasteiger partial charge in [-0.15, -0.1) is 21.5 Å². The van der Waals surface area contributed by atoms with E-state index < -0.39 is 0 Å². The number of rotatable bonds is 4. The van der Waals surface area contributed by atoms with Crippen molar-refractivity contribution < 1.29 is 4.74 Å². The molecule has 0 saturated heterocycles. The zero-order chi connectivity index (χ0) is 23.1. The minimum Gasteiger partial charge on any atom is -0.497 e. The summed E-state index contributed by atoms with van der Waals surface area (Å²) in [6.45, 7) is 0. The molecule has 0 atom stereocenters. The highest BCUT2D eigenvalue weighted by Gasteiger charge is 2.20. The standard InChI is InChI=1S/C27H18N4OS2/c1-32-20-14-12-19(13-15-20)31-16-21-25(28-27(31)33)23-22(17-8-4-2-5-9-17)24(29-30-26(23)34-21)18-10-6-3-7-11-18/h2-16H,1H3. The zero-order valence-corrected chi connectivity index (χ0v) is 19.8. The van der Waals surface area contributed by atoms with Gasteiger partial charge in [0, 0.05) is 28.4 Å². The first-order chi connectivity index (χ1) is 16.7. The molecule has 0 saturated carbocycles. The Morgan fingerprint density at radius 3 is 2.18 bits per heavy atom. The van der Waals surface area contributed by atoms with Gasteiger partial charge in [-0.05, 0) is 42.0 Å². The molecule has 3 aromatic heterocycles. The van der Waals surface area contributed by atoms with E-state index >= 15 is 0 Å². The Labute approximate surface area is 205 Å². The van der Waals surface area contributed by atoms with Gasteiger partial charge in [0.05, 0.1) is 17.3 Å². The lowest BCUT2D eigenvalue weighted by Gasteiger charge is -2.11. The first kappa shape index (κ1) is 20.7. The molecule has 0 bridgehead atoms. The Kier molecular flexibility index (Phi) is 5.13. The molecule has 0 spiro atoms. The van der Waals surface area contributed by atoms with Gasteiger partial charge >= 0.3 is 0 Å². The second-order valence-corrected chi connectivity index (χ2v) is 9.14. The largest absolute Gasteiger partial charge is 0.497 e. The Morgan fingerprint density at radius 1 is 0.824 bits per heavy atom. The second-order valence-electron chi connectivity index (χ2n) is 7.74. The predicted molar refractivity (Wildman–Crippen MR) is 140 cm³/mol. The minimum absolute atomic E-state index is 0.481. The smallest absolute Gasteiger partial charge is 0.204 e. The molecular formula is C27H18N4OS2. The van der Waals surface area contributed by atoms with Crippen LogP contribution in [0, 0.1) is 4.77 Å². The molecule has 3 heterocycles. The molecule has 164 valence electrons. The average molecular weight is 479 g/mol. The van der Waals surface area contributed by atoms with E-state index in [9.17, 15) is 0 Å². The number of nitrogens with zero attached hydrogens (tertiary/aromatic N) is 4. The zero-order valence-electron chi connectivity index (χ0n) is 18.2. The highest BCUT2D eigenvalue weighted by molar-refractivity contribution is 7.71. The van der Waals surface area contributed by atoms with E-state index in [0.717, 1.165) is 54.3 Å². The summed E-state index contributed by atoms with van der Waals surface area (Å²) in [5.41, 5.74) is 5.71. The van der Waals surface area contributed by atoms with Crippen molar-refractivity contribution in [1.29, 1.82) is 0 Å². The lowest BCUT2D eigenvalue weighted by atomic mass is 9.97. The summed E-state index contributed by atoms with van der Waals surface area (Å²) in [6, 6.07) is 28.2. The molecule has 5 nitrogen and oxygen atoms in total. The molecule has 0 fully saturated rings. The summed E-state index contributed by atoms with van der Waals surface area (Å²) in [4.78, 5) is 5.73. The van der Waals surface area contributed by atoms with Crippen molar-refractivity contribution >= 4 is 44.0 Å². The predicted octanol–water partition coefficient (Wildman–Crippen LogP) is 7.10. The SMILES string of the molecule is COc1ccc(-n2cc3sc4nnc(-c5ccccc5)c(-c5ccccc5)c4c3nc2=S)cc1. The molecule has 6 aromatic rings. The number of methoxy groups -OCH3 is 1. The van der Waals surface area contributed by atoms with Crippen molar-refractivity contribution in [3.05, 3.63) is 95.9 Å². The number of hydrogen-bond donors (Lipinski definition) is 0. The average Bonchev–Trinajstić information content (AvgIpc) is 3.26. The van der Waals surface area contributed by atoms with Gasteiger partial charge in [-0.3, -0.25) is 4.57 Å². The van der Waals surface area contributed by atoms with Crippen LogP contribution in [0.3, 0.4) is 0 Å². The number of thiophene rings is 1. The summed E-state index contributed by atoms with van der Waals surface area (Å²) >= 11 is 7.30. The summed E-state index contributed by atoms with van der Waals surface area (Å²) in [7, 11) is 1.65. The lowest BCUT2D eigenvalue weighted by Crippen LogP contribution is -1.99. The van der Waals surface area contributed by atoms with E-state index in [1.54, 1.807) is 18.4 Å². The van der Waals surface area contributed by atoms with Crippen LogP contribution in [0.2, 0.25) is 0 Å². The maximum atomic E-state index is 5.73. The maximum Gasteiger partial charge on any atom is 0.204 e. The first-order valence-electron chi connectivity index (χ1n) is 10.7. The van der Waals surface area contributed by atoms with Crippen molar-refractivity contribution in [2.24, 2.45) is 0 Å². The van der Waals surface area contributed by atoms with Gasteiger partial charge in [-0.2, -0.15) is 0 Å². The van der Waals surface area contributed by atoms with Gasteiger partial charge in [0.25, 0.3) is 0 Å². The molecule has 0 aliphatic heterocycles. The number of benzene rings is 3. The summed E-state index contributed by atoms with van der Waals surface area (Å²) in [5.74, 6) is 0.794. The molecule has 0 N–H and O–H groups in total. The van der Waals surface area contributed by atoms with Gasteiger partial charge in [0.2, 0.25) is 4.77 Å². The first-order valence-corrected chi connectivity index (χ1v) is 11.9. The van der Waals surface area contributed by atoms with E-state index in [-0.39, 0.29) is 0 Å². The normalized spacial score (nSPS) is 11.2. The van der Waals surface area contributed by atoms with Crippen LogP contribution in [0.5, 0.6) is 5.75 Å². The van der Waals surface area contributed by atoms with Crippen molar-refractivity contribution in [3.63, 3.8) is 0 Å². The number of ether oxygens (including phenoxy) is 1. The van der Waals surface area contributed by atoms with Crippen LogP contribution in [-0.4, -0.2) is 26.9 Å². The fraction of sp³-hybridized carbons (Fsp3) is 0.0370. The van der Waals surface area contributed by atoms with E-state index in [4.69, 9.17) is 21.9 Å². The number of hydrogen-bond acceptors (Lipinski definition) is 6. The van der Waals surface area contributed by atoms with Crippen LogP contribution in [-0.2, 0) is 0 Å². The van der Waals surface area contributed by atoms with Crippen LogP contribution in [0.4, 0.5) is 0 Å². The minimum atomic E-state index is 0.481. The summed E-state index contributed by atoms with van der Waals surface area (Å²) < 4.78 is 8.68. The summed E-state index contributed by atoms with van der Waals surface area (Å²) in [5, 5.41) is 10.2. The van der Waals surface area contributed by atoms with Crippen LogP contribution in [0.1, 0.15) is 0 Å². The lowest BCUT2D eigenvalue weighted by molar-refractivity contribution is 0.414. The van der Waals surface area contributed by atoms with E-state index in [1.165, 1.54) is 0 Å². The molecule has 0 radical (unpaired) electrons. The Morgan fingerprint density at radius 2 is 1.50 bits per heavy atom. The van der Waals surface area contributed by atoms with Crippen molar-refractivity contribution in [2.45, 2.75) is 0 Å². The number of aromatic nitrogens is 4. The third-order valence-electron chi connectivity index (χ3n) is 5.74. The Balaban J connectivity index is 1.65. The van der Waals surface area contributed by atoms with Gasteiger partial charge in [0.1, 0.15) is 16.3 Å². The van der Waals surface area contributed by atoms with Gasteiger partial charge in [-0.1, -0.05) is 60.7 Å². The van der Waals surface area contributed by atoms with Crippen molar-refractivity contribution in [3.8, 4) is 33.8 Å². The fourth-order valence-electron chi connectivity index (χ4n) is 4.12. The van der Waals surface area contributed by atoms with E-state index in [2.05, 4.69) is 34.5 Å². The van der Waals surface area contributed by atoms with Crippen LogP contribution in [0.15, 0.2) is 91.1 Å². The Bertz CT molecular complexity index is 1690. The van der Waals surface area contributed by atoms with Gasteiger partial charge < -0.3 is 4.74 Å². The Hall–Kier alpha value is -3.94. The number of fused-ring (bicyclic) bond motifs is 3. The van der Waals surface area contributed by atoms with Crippen LogP contribution >= 0.6 is 23.6 Å². The molecule has 0 amide bonds. The molecule has 0 aliphatic carbocycles. The topological polar surface area (TPSA) is 52.8 Å². The van der Waals surface area contributed by atoms with Crippen LogP contribution in [0.25, 0.3) is 48.5 Å². The molecule has 0 unspecified atom stereocenters. The highest BCUT2D eigenvalue weighted by Crippen LogP contribution is 2.42. The summed E-state index contributed by atoms with van der Waals surface area (Å²) in [6.07, 6.45) is 2.04. The molecule has 34 heavy (non-hydrogen) atoms. The van der Waals surface area contributed by atoms with Gasteiger partial charge in [-0.25, -0.2) is 4.98 Å². The third kappa shape index (κ3) is 3.46. The third-order valence-corrected chi connectivity index (χ3v) is 7.02. The molecule has 0 aliphatic rings. The quantitative estimate of drug-likeness (QED) is 0.253. The van der Waals surface area contributed by atoms with Crippen molar-refractivity contribution in [2.75, 3.05) is 7.11 Å². The fourth-order valence-corrected chi connectivity index (χ4v) is 5.36. The second kappa shape index (κ2) is 8.44. The van der Waals surface area contributed by atoms with Crippen molar-refractivity contribution in [1.82, 2.24) is 19.7 Å². The molecular weight excluding hydrogens is 460 g/mol. The van der Waals surface area contributed by atoms with E-state index in [0.29, 0.717) is 4.77 Å². The molecule has 6 rings (SSSR count). The molecule has 3 aromatic carbocycles.